The highest BCUT2D eigenvalue weighted by Gasteiger charge is 2.46. The normalized spacial score (nSPS) is 20.7. The van der Waals surface area contributed by atoms with E-state index in [2.05, 4.69) is 9.88 Å². The number of ether oxygens (including phenoxy) is 1. The zero-order valence-electron chi connectivity index (χ0n) is 11.7. The lowest BCUT2D eigenvalue weighted by molar-refractivity contribution is -0.0249. The predicted molar refractivity (Wildman–Crippen MR) is 77.2 cm³/mol. The van der Waals surface area contributed by atoms with E-state index in [1.165, 1.54) is 6.42 Å². The highest BCUT2D eigenvalue weighted by molar-refractivity contribution is 6.03. The van der Waals surface area contributed by atoms with Crippen LogP contribution in [0.2, 0.25) is 0 Å². The molecule has 0 unspecified atom stereocenters. The van der Waals surface area contributed by atoms with Crippen molar-refractivity contribution in [3.63, 3.8) is 0 Å². The summed E-state index contributed by atoms with van der Waals surface area (Å²) >= 11 is 0. The first-order chi connectivity index (χ1) is 10.2. The number of hydrogen-bond acceptors (Lipinski definition) is 5. The predicted octanol–water partition coefficient (Wildman–Crippen LogP) is 1.54. The molecule has 6 nitrogen and oxygen atoms in total. The van der Waals surface area contributed by atoms with Crippen LogP contribution in [0.15, 0.2) is 22.6 Å². The number of amides is 1. The summed E-state index contributed by atoms with van der Waals surface area (Å²) in [6, 6.07) is 5.79. The number of carbonyl (C=O) groups is 1. The fourth-order valence-electron chi connectivity index (χ4n) is 3.33. The number of anilines is 1. The van der Waals surface area contributed by atoms with Gasteiger partial charge in [0, 0.05) is 25.1 Å². The van der Waals surface area contributed by atoms with Crippen LogP contribution in [0.3, 0.4) is 0 Å². The molecule has 2 saturated heterocycles. The third-order valence-electron chi connectivity index (χ3n) is 4.40. The van der Waals surface area contributed by atoms with Gasteiger partial charge in [-0.2, -0.15) is 4.98 Å². The van der Waals surface area contributed by atoms with Crippen molar-refractivity contribution in [1.82, 2.24) is 4.98 Å². The molecular formula is C15H17N3O3. The molecule has 6 heteroatoms. The second-order valence-electron chi connectivity index (χ2n) is 6.03. The minimum Gasteiger partial charge on any atom is -0.423 e. The molecule has 2 aliphatic rings. The van der Waals surface area contributed by atoms with E-state index in [4.69, 9.17) is 14.9 Å². The molecule has 0 atom stereocenters. The van der Waals surface area contributed by atoms with Gasteiger partial charge in [0.05, 0.1) is 12.2 Å². The second kappa shape index (κ2) is 4.46. The Labute approximate surface area is 121 Å². The van der Waals surface area contributed by atoms with E-state index in [1.807, 2.05) is 0 Å². The zero-order chi connectivity index (χ0) is 14.4. The van der Waals surface area contributed by atoms with Gasteiger partial charge >= 0.3 is 0 Å². The number of primary amides is 1. The molecule has 110 valence electrons. The van der Waals surface area contributed by atoms with Crippen LogP contribution < -0.4 is 10.6 Å². The highest BCUT2D eigenvalue weighted by atomic mass is 16.5. The molecule has 0 saturated carbocycles. The first-order valence-electron chi connectivity index (χ1n) is 7.19. The van der Waals surface area contributed by atoms with Crippen molar-refractivity contribution < 1.29 is 13.9 Å². The number of nitrogens with two attached hydrogens (primary N) is 1. The number of hydrogen-bond donors (Lipinski definition) is 1. The molecule has 1 aromatic heterocycles. The molecule has 2 aromatic rings. The minimum absolute atomic E-state index is 0.255. The molecule has 1 amide bonds. The average Bonchev–Trinajstić information content (AvgIpc) is 2.88. The van der Waals surface area contributed by atoms with Crippen LogP contribution >= 0.6 is 0 Å². The third-order valence-corrected chi connectivity index (χ3v) is 4.40. The lowest BCUT2D eigenvalue weighted by Crippen LogP contribution is -2.60. The molecule has 1 aromatic carbocycles. The molecule has 1 spiro atoms. The zero-order valence-corrected chi connectivity index (χ0v) is 11.7. The number of benzene rings is 1. The van der Waals surface area contributed by atoms with E-state index < -0.39 is 5.91 Å². The SMILES string of the molecule is NC(=O)c1cccc2oc(N3CC4(CCCOC4)C3)nc12. The van der Waals surface area contributed by atoms with E-state index in [1.54, 1.807) is 18.2 Å². The maximum Gasteiger partial charge on any atom is 0.298 e. The Hall–Kier alpha value is -2.08. The number of fused-ring (bicyclic) bond motifs is 1. The number of oxazole rings is 1. The monoisotopic (exact) mass is 287 g/mol. The topological polar surface area (TPSA) is 81.6 Å². The van der Waals surface area contributed by atoms with Crippen molar-refractivity contribution in [3.05, 3.63) is 23.8 Å². The number of para-hydroxylation sites is 1. The Morgan fingerprint density at radius 3 is 2.95 bits per heavy atom. The van der Waals surface area contributed by atoms with Gasteiger partial charge in [-0.1, -0.05) is 6.07 Å². The Morgan fingerprint density at radius 2 is 2.24 bits per heavy atom. The van der Waals surface area contributed by atoms with Crippen molar-refractivity contribution in [2.75, 3.05) is 31.2 Å². The molecule has 2 fully saturated rings. The summed E-state index contributed by atoms with van der Waals surface area (Å²) in [6.07, 6.45) is 2.31. The van der Waals surface area contributed by atoms with Gasteiger partial charge in [0.25, 0.3) is 11.9 Å². The second-order valence-corrected chi connectivity index (χ2v) is 6.03. The highest BCUT2D eigenvalue weighted by Crippen LogP contribution is 2.41. The fourth-order valence-corrected chi connectivity index (χ4v) is 3.33. The van der Waals surface area contributed by atoms with Gasteiger partial charge in [-0.15, -0.1) is 0 Å². The standard InChI is InChI=1S/C15H17N3O3/c16-13(19)10-3-1-4-11-12(10)17-14(21-11)18-7-15(8-18)5-2-6-20-9-15/h1,3-4H,2,5-9H2,(H2,16,19). The van der Waals surface area contributed by atoms with Crippen molar-refractivity contribution in [2.24, 2.45) is 11.1 Å². The number of aromatic nitrogens is 1. The lowest BCUT2D eigenvalue weighted by atomic mass is 9.76. The van der Waals surface area contributed by atoms with Crippen molar-refractivity contribution in [3.8, 4) is 0 Å². The maximum absolute atomic E-state index is 11.4. The first-order valence-corrected chi connectivity index (χ1v) is 7.19. The maximum atomic E-state index is 11.4. The van der Waals surface area contributed by atoms with Gasteiger partial charge in [0.2, 0.25) is 0 Å². The van der Waals surface area contributed by atoms with E-state index in [-0.39, 0.29) is 5.41 Å². The van der Waals surface area contributed by atoms with Gasteiger partial charge in [-0.05, 0) is 25.0 Å². The molecule has 21 heavy (non-hydrogen) atoms. The first kappa shape index (κ1) is 12.6. The van der Waals surface area contributed by atoms with Gasteiger partial charge in [-0.3, -0.25) is 4.79 Å². The largest absolute Gasteiger partial charge is 0.423 e. The summed E-state index contributed by atoms with van der Waals surface area (Å²) < 4.78 is 11.3. The van der Waals surface area contributed by atoms with Gasteiger partial charge < -0.3 is 19.8 Å². The fraction of sp³-hybridized carbons (Fsp3) is 0.467. The lowest BCUT2D eigenvalue weighted by Gasteiger charge is -2.51. The van der Waals surface area contributed by atoms with Crippen LogP contribution in [-0.4, -0.2) is 37.2 Å². The van der Waals surface area contributed by atoms with Crippen molar-refractivity contribution >= 4 is 23.0 Å². The molecule has 4 rings (SSSR count). The van der Waals surface area contributed by atoms with Crippen molar-refractivity contribution in [2.45, 2.75) is 12.8 Å². The Morgan fingerprint density at radius 1 is 1.38 bits per heavy atom. The quantitative estimate of drug-likeness (QED) is 0.906. The molecule has 3 heterocycles. The summed E-state index contributed by atoms with van der Waals surface area (Å²) in [6.45, 7) is 3.47. The molecule has 2 N–H and O–H groups in total. The van der Waals surface area contributed by atoms with E-state index in [0.29, 0.717) is 22.7 Å². The van der Waals surface area contributed by atoms with Crippen LogP contribution in [0.25, 0.3) is 11.1 Å². The van der Waals surface area contributed by atoms with E-state index >= 15 is 0 Å². The van der Waals surface area contributed by atoms with Gasteiger partial charge in [0.15, 0.2) is 5.58 Å². The number of rotatable bonds is 2. The molecule has 0 aliphatic carbocycles. The minimum atomic E-state index is -0.485. The summed E-state index contributed by atoms with van der Waals surface area (Å²) in [4.78, 5) is 18.0. The summed E-state index contributed by atoms with van der Waals surface area (Å²) in [5, 5.41) is 0. The Kier molecular flexibility index (Phi) is 2.68. The Balaban J connectivity index is 1.61. The average molecular weight is 287 g/mol. The summed E-state index contributed by atoms with van der Waals surface area (Å²) in [7, 11) is 0. The van der Waals surface area contributed by atoms with Crippen LogP contribution in [0, 0.1) is 5.41 Å². The summed E-state index contributed by atoms with van der Waals surface area (Å²) in [5.74, 6) is -0.485. The molecule has 0 radical (unpaired) electrons. The van der Waals surface area contributed by atoms with Crippen LogP contribution in [-0.2, 0) is 4.74 Å². The van der Waals surface area contributed by atoms with Gasteiger partial charge in [0.1, 0.15) is 5.52 Å². The molecular weight excluding hydrogens is 270 g/mol. The van der Waals surface area contributed by atoms with E-state index in [9.17, 15) is 4.79 Å². The van der Waals surface area contributed by atoms with Crippen molar-refractivity contribution in [1.29, 1.82) is 0 Å². The van der Waals surface area contributed by atoms with Crippen LogP contribution in [0.1, 0.15) is 23.2 Å². The third kappa shape index (κ3) is 1.98. The summed E-state index contributed by atoms with van der Waals surface area (Å²) in [5.41, 5.74) is 7.17. The van der Waals surface area contributed by atoms with E-state index in [0.717, 1.165) is 32.7 Å². The molecule has 2 aliphatic heterocycles. The Bertz CT molecular complexity index is 695. The van der Waals surface area contributed by atoms with Gasteiger partial charge in [-0.25, -0.2) is 0 Å². The van der Waals surface area contributed by atoms with Crippen LogP contribution in [0.5, 0.6) is 0 Å². The molecule has 0 bridgehead atoms. The van der Waals surface area contributed by atoms with Crippen LogP contribution in [0.4, 0.5) is 6.01 Å². The number of nitrogens with zero attached hydrogens (tertiary/aromatic N) is 2. The smallest absolute Gasteiger partial charge is 0.298 e. The number of carbonyl (C=O) groups excluding carboxylic acids is 1.